The van der Waals surface area contributed by atoms with Gasteiger partial charge in [-0.15, -0.1) is 0 Å². The zero-order valence-electron chi connectivity index (χ0n) is 12.5. The highest BCUT2D eigenvalue weighted by Gasteiger charge is 2.06. The summed E-state index contributed by atoms with van der Waals surface area (Å²) in [5.41, 5.74) is 2.39. The predicted molar refractivity (Wildman–Crippen MR) is 82.5 cm³/mol. The number of oxazole rings is 1. The van der Waals surface area contributed by atoms with Crippen molar-refractivity contribution in [3.05, 3.63) is 59.7 Å². The number of rotatable bonds is 5. The molecule has 0 saturated carbocycles. The third-order valence-electron chi connectivity index (χ3n) is 3.23. The van der Waals surface area contributed by atoms with Crippen molar-refractivity contribution in [2.75, 3.05) is 6.61 Å². The number of carbonyl (C=O) groups is 1. The molecule has 23 heavy (non-hydrogen) atoms. The number of halogens is 1. The molecule has 0 aliphatic carbocycles. The van der Waals surface area contributed by atoms with Crippen LogP contribution < -0.4 is 10.1 Å². The Morgan fingerprint density at radius 1 is 1.26 bits per heavy atom. The molecule has 2 aromatic carbocycles. The fourth-order valence-electron chi connectivity index (χ4n) is 2.13. The van der Waals surface area contributed by atoms with E-state index >= 15 is 0 Å². The molecule has 118 valence electrons. The van der Waals surface area contributed by atoms with Gasteiger partial charge in [-0.05, 0) is 42.0 Å². The normalized spacial score (nSPS) is 10.7. The van der Waals surface area contributed by atoms with Crippen LogP contribution in [0, 0.1) is 12.7 Å². The SMILES string of the molecule is Cc1nc2ccc(CNC(=O)COc3ccc(F)cc3)cc2o1. The lowest BCUT2D eigenvalue weighted by molar-refractivity contribution is -0.123. The molecule has 0 aliphatic heterocycles. The van der Waals surface area contributed by atoms with E-state index in [-0.39, 0.29) is 18.3 Å². The zero-order chi connectivity index (χ0) is 16.2. The molecule has 1 N–H and O–H groups in total. The lowest BCUT2D eigenvalue weighted by Gasteiger charge is -2.07. The third kappa shape index (κ3) is 3.85. The number of hydrogen-bond donors (Lipinski definition) is 1. The monoisotopic (exact) mass is 314 g/mol. The van der Waals surface area contributed by atoms with Crippen LogP contribution in [0.4, 0.5) is 4.39 Å². The second-order valence-corrected chi connectivity index (χ2v) is 5.05. The van der Waals surface area contributed by atoms with Crippen LogP contribution in [0.5, 0.6) is 5.75 Å². The van der Waals surface area contributed by atoms with Crippen LogP contribution in [0.15, 0.2) is 46.9 Å². The van der Waals surface area contributed by atoms with Crippen molar-refractivity contribution in [2.45, 2.75) is 13.5 Å². The average molecular weight is 314 g/mol. The number of benzene rings is 2. The van der Waals surface area contributed by atoms with Crippen molar-refractivity contribution >= 4 is 17.0 Å². The molecule has 1 aromatic heterocycles. The van der Waals surface area contributed by atoms with Crippen molar-refractivity contribution in [1.29, 1.82) is 0 Å². The predicted octanol–water partition coefficient (Wildman–Crippen LogP) is 2.97. The highest BCUT2D eigenvalue weighted by molar-refractivity contribution is 5.78. The maximum Gasteiger partial charge on any atom is 0.258 e. The number of ether oxygens (including phenoxy) is 1. The summed E-state index contributed by atoms with van der Waals surface area (Å²) in [5.74, 6) is 0.442. The summed E-state index contributed by atoms with van der Waals surface area (Å²) in [5, 5.41) is 2.75. The van der Waals surface area contributed by atoms with Crippen molar-refractivity contribution in [1.82, 2.24) is 10.3 Å². The Labute approximate surface area is 132 Å². The second kappa shape index (κ2) is 6.48. The van der Waals surface area contributed by atoms with Gasteiger partial charge in [0.1, 0.15) is 17.1 Å². The van der Waals surface area contributed by atoms with Gasteiger partial charge in [0.25, 0.3) is 5.91 Å². The van der Waals surface area contributed by atoms with Crippen LogP contribution in [-0.2, 0) is 11.3 Å². The molecule has 1 amide bonds. The average Bonchev–Trinajstić information content (AvgIpc) is 2.91. The van der Waals surface area contributed by atoms with Crippen LogP contribution in [-0.4, -0.2) is 17.5 Å². The second-order valence-electron chi connectivity index (χ2n) is 5.05. The van der Waals surface area contributed by atoms with Crippen LogP contribution in [0.3, 0.4) is 0 Å². The van der Waals surface area contributed by atoms with Crippen LogP contribution >= 0.6 is 0 Å². The van der Waals surface area contributed by atoms with E-state index in [1.165, 1.54) is 24.3 Å². The lowest BCUT2D eigenvalue weighted by atomic mass is 10.2. The molecule has 0 saturated heterocycles. The summed E-state index contributed by atoms with van der Waals surface area (Å²) in [4.78, 5) is 16.0. The first-order valence-electron chi connectivity index (χ1n) is 7.11. The van der Waals surface area contributed by atoms with E-state index in [0.29, 0.717) is 23.8 Å². The molecule has 0 fully saturated rings. The first-order chi connectivity index (χ1) is 11.1. The van der Waals surface area contributed by atoms with Crippen molar-refractivity contribution in [3.8, 4) is 5.75 Å². The van der Waals surface area contributed by atoms with Gasteiger partial charge in [-0.25, -0.2) is 9.37 Å². The van der Waals surface area contributed by atoms with E-state index < -0.39 is 0 Å². The molecule has 0 spiro atoms. The highest BCUT2D eigenvalue weighted by atomic mass is 19.1. The molecule has 0 aliphatic rings. The molecular formula is C17H15FN2O3. The Morgan fingerprint density at radius 3 is 2.83 bits per heavy atom. The topological polar surface area (TPSA) is 64.4 Å². The minimum atomic E-state index is -0.347. The quantitative estimate of drug-likeness (QED) is 0.786. The summed E-state index contributed by atoms with van der Waals surface area (Å²) in [6.45, 7) is 2.02. The number of nitrogens with one attached hydrogen (secondary N) is 1. The van der Waals surface area contributed by atoms with Crippen LogP contribution in [0.1, 0.15) is 11.5 Å². The fraction of sp³-hybridized carbons (Fsp3) is 0.176. The highest BCUT2D eigenvalue weighted by Crippen LogP contribution is 2.16. The molecule has 0 unspecified atom stereocenters. The molecule has 3 rings (SSSR count). The van der Waals surface area contributed by atoms with E-state index in [9.17, 15) is 9.18 Å². The minimum absolute atomic E-state index is 0.130. The number of aromatic nitrogens is 1. The van der Waals surface area contributed by atoms with Crippen molar-refractivity contribution < 1.29 is 18.3 Å². The van der Waals surface area contributed by atoms with E-state index in [1.807, 2.05) is 18.2 Å². The summed E-state index contributed by atoms with van der Waals surface area (Å²) in [7, 11) is 0. The maximum atomic E-state index is 12.8. The molecule has 5 nitrogen and oxygen atoms in total. The smallest absolute Gasteiger partial charge is 0.258 e. The van der Waals surface area contributed by atoms with E-state index in [2.05, 4.69) is 10.3 Å². The van der Waals surface area contributed by atoms with E-state index in [4.69, 9.17) is 9.15 Å². The molecule has 0 atom stereocenters. The molecular weight excluding hydrogens is 299 g/mol. The van der Waals surface area contributed by atoms with Gasteiger partial charge in [0.05, 0.1) is 0 Å². The van der Waals surface area contributed by atoms with Gasteiger partial charge in [-0.1, -0.05) is 6.07 Å². The Hall–Kier alpha value is -2.89. The molecule has 0 radical (unpaired) electrons. The van der Waals surface area contributed by atoms with Gasteiger partial charge in [-0.3, -0.25) is 4.79 Å². The number of nitrogens with zero attached hydrogens (tertiary/aromatic N) is 1. The Kier molecular flexibility index (Phi) is 4.23. The van der Waals surface area contributed by atoms with Gasteiger partial charge < -0.3 is 14.5 Å². The zero-order valence-corrected chi connectivity index (χ0v) is 12.5. The van der Waals surface area contributed by atoms with E-state index in [0.717, 1.165) is 11.1 Å². The number of hydrogen-bond acceptors (Lipinski definition) is 4. The fourth-order valence-corrected chi connectivity index (χ4v) is 2.13. The third-order valence-corrected chi connectivity index (χ3v) is 3.23. The van der Waals surface area contributed by atoms with Gasteiger partial charge in [-0.2, -0.15) is 0 Å². The van der Waals surface area contributed by atoms with Gasteiger partial charge in [0, 0.05) is 13.5 Å². The van der Waals surface area contributed by atoms with Crippen LogP contribution in [0.25, 0.3) is 11.1 Å². The molecule has 6 heteroatoms. The number of carbonyl (C=O) groups excluding carboxylic acids is 1. The van der Waals surface area contributed by atoms with Gasteiger partial charge >= 0.3 is 0 Å². The largest absolute Gasteiger partial charge is 0.484 e. The summed E-state index contributed by atoms with van der Waals surface area (Å²) in [6, 6.07) is 11.1. The van der Waals surface area contributed by atoms with Gasteiger partial charge in [0.2, 0.25) is 0 Å². The summed E-state index contributed by atoms with van der Waals surface area (Å²) in [6.07, 6.45) is 0. The Balaban J connectivity index is 1.52. The minimum Gasteiger partial charge on any atom is -0.484 e. The molecule has 1 heterocycles. The number of amides is 1. The Bertz CT molecular complexity index is 827. The first-order valence-corrected chi connectivity index (χ1v) is 7.11. The first kappa shape index (κ1) is 15.0. The summed E-state index contributed by atoms with van der Waals surface area (Å²) >= 11 is 0. The standard InChI is InChI=1S/C17H15FN2O3/c1-11-20-15-7-2-12(8-16(15)23-11)9-19-17(21)10-22-14-5-3-13(18)4-6-14/h2-8H,9-10H2,1H3,(H,19,21). The van der Waals surface area contributed by atoms with Crippen molar-refractivity contribution in [2.24, 2.45) is 0 Å². The number of aryl methyl sites for hydroxylation is 1. The summed E-state index contributed by atoms with van der Waals surface area (Å²) < 4.78 is 23.5. The molecule has 0 bridgehead atoms. The number of fused-ring (bicyclic) bond motifs is 1. The Morgan fingerprint density at radius 2 is 2.04 bits per heavy atom. The maximum absolute atomic E-state index is 12.8. The van der Waals surface area contributed by atoms with Gasteiger partial charge in [0.15, 0.2) is 18.1 Å². The van der Waals surface area contributed by atoms with Crippen molar-refractivity contribution in [3.63, 3.8) is 0 Å². The van der Waals surface area contributed by atoms with E-state index in [1.54, 1.807) is 6.92 Å². The molecule has 3 aromatic rings. The lowest BCUT2D eigenvalue weighted by Crippen LogP contribution is -2.28. The van der Waals surface area contributed by atoms with Crippen LogP contribution in [0.2, 0.25) is 0 Å².